The summed E-state index contributed by atoms with van der Waals surface area (Å²) in [5.41, 5.74) is 0.974. The smallest absolute Gasteiger partial charge is 0.321 e. The number of nitrogens with zero attached hydrogens (tertiary/aromatic N) is 2. The van der Waals surface area contributed by atoms with E-state index in [1.165, 1.54) is 11.3 Å². The summed E-state index contributed by atoms with van der Waals surface area (Å²) in [6.07, 6.45) is 0.417. The molecule has 106 valence electrons. The van der Waals surface area contributed by atoms with Gasteiger partial charge in [0, 0.05) is 23.9 Å². The molecule has 0 aliphatic heterocycles. The first-order valence-electron chi connectivity index (χ1n) is 5.78. The number of amides is 2. The Bertz CT molecular complexity index is 582. The lowest BCUT2D eigenvalue weighted by Crippen LogP contribution is -2.29. The molecule has 2 amide bonds. The lowest BCUT2D eigenvalue weighted by molar-refractivity contribution is -0.137. The van der Waals surface area contributed by atoms with Gasteiger partial charge in [0.2, 0.25) is 5.13 Å². The number of aromatic nitrogens is 2. The van der Waals surface area contributed by atoms with E-state index in [9.17, 15) is 9.59 Å². The van der Waals surface area contributed by atoms with Crippen LogP contribution in [-0.4, -0.2) is 33.8 Å². The van der Waals surface area contributed by atoms with Crippen molar-refractivity contribution < 1.29 is 14.7 Å². The number of carboxylic acids is 1. The Morgan fingerprint density at radius 2 is 2.20 bits per heavy atom. The second-order valence-electron chi connectivity index (χ2n) is 3.80. The molecule has 0 atom stereocenters. The molecular formula is C11H12N4O3S2. The Labute approximate surface area is 122 Å². The number of thiophene rings is 1. The first-order chi connectivity index (χ1) is 9.65. The van der Waals surface area contributed by atoms with Crippen LogP contribution in [0.2, 0.25) is 0 Å². The molecule has 2 aromatic rings. The molecule has 20 heavy (non-hydrogen) atoms. The van der Waals surface area contributed by atoms with Crippen LogP contribution >= 0.6 is 22.7 Å². The lowest BCUT2D eigenvalue weighted by atomic mass is 10.3. The summed E-state index contributed by atoms with van der Waals surface area (Å²) < 4.78 is 0. The molecule has 3 N–H and O–H groups in total. The standard InChI is InChI=1S/C11H12N4O3S2/c16-8(17)2-1-4-12-10(18)13-11-15-14-9(20-11)7-3-5-19-6-7/h3,5-6H,1-2,4H2,(H,16,17)(H2,12,13,15,18). The predicted octanol–water partition coefficient (Wildman–Crippen LogP) is 2.25. The Kier molecular flexibility index (Phi) is 5.02. The highest BCUT2D eigenvalue weighted by molar-refractivity contribution is 7.19. The third-order valence-electron chi connectivity index (χ3n) is 2.27. The summed E-state index contributed by atoms with van der Waals surface area (Å²) in [5, 5.41) is 26.5. The zero-order chi connectivity index (χ0) is 14.4. The highest BCUT2D eigenvalue weighted by Crippen LogP contribution is 2.27. The Morgan fingerprint density at radius 1 is 1.35 bits per heavy atom. The van der Waals surface area contributed by atoms with Gasteiger partial charge < -0.3 is 10.4 Å². The van der Waals surface area contributed by atoms with Crippen molar-refractivity contribution in [2.45, 2.75) is 12.8 Å². The fourth-order valence-electron chi connectivity index (χ4n) is 1.36. The van der Waals surface area contributed by atoms with Crippen molar-refractivity contribution in [3.8, 4) is 10.6 Å². The number of carbonyl (C=O) groups is 2. The number of carbonyl (C=O) groups excluding carboxylic acids is 1. The first-order valence-corrected chi connectivity index (χ1v) is 7.54. The van der Waals surface area contributed by atoms with Crippen molar-refractivity contribution in [3.05, 3.63) is 16.8 Å². The van der Waals surface area contributed by atoms with Crippen molar-refractivity contribution in [1.82, 2.24) is 15.5 Å². The van der Waals surface area contributed by atoms with Gasteiger partial charge in [0.15, 0.2) is 0 Å². The van der Waals surface area contributed by atoms with Gasteiger partial charge in [-0.2, -0.15) is 11.3 Å². The predicted molar refractivity (Wildman–Crippen MR) is 77.1 cm³/mol. The summed E-state index contributed by atoms with van der Waals surface area (Å²) in [6.45, 7) is 0.300. The van der Waals surface area contributed by atoms with Gasteiger partial charge in [-0.15, -0.1) is 10.2 Å². The maximum Gasteiger partial charge on any atom is 0.321 e. The molecule has 2 aromatic heterocycles. The van der Waals surface area contributed by atoms with Gasteiger partial charge >= 0.3 is 12.0 Å². The van der Waals surface area contributed by atoms with E-state index in [2.05, 4.69) is 20.8 Å². The quantitative estimate of drug-likeness (QED) is 0.710. The van der Waals surface area contributed by atoms with Crippen LogP contribution in [0, 0.1) is 0 Å². The molecule has 2 rings (SSSR count). The van der Waals surface area contributed by atoms with Crippen LogP contribution in [0.4, 0.5) is 9.93 Å². The van der Waals surface area contributed by atoms with Crippen molar-refractivity contribution >= 4 is 39.8 Å². The van der Waals surface area contributed by atoms with Crippen LogP contribution in [0.5, 0.6) is 0 Å². The van der Waals surface area contributed by atoms with E-state index < -0.39 is 12.0 Å². The number of aliphatic carboxylic acids is 1. The molecule has 0 aliphatic carbocycles. The molecular weight excluding hydrogens is 300 g/mol. The maximum atomic E-state index is 11.5. The second-order valence-corrected chi connectivity index (χ2v) is 5.56. The van der Waals surface area contributed by atoms with Gasteiger partial charge in [-0.1, -0.05) is 11.3 Å². The van der Waals surface area contributed by atoms with E-state index >= 15 is 0 Å². The third-order valence-corrected chi connectivity index (χ3v) is 3.84. The van der Waals surface area contributed by atoms with Gasteiger partial charge in [0.1, 0.15) is 5.01 Å². The summed E-state index contributed by atoms with van der Waals surface area (Å²) >= 11 is 2.85. The summed E-state index contributed by atoms with van der Waals surface area (Å²) in [6, 6.07) is 1.52. The number of hydrogen-bond acceptors (Lipinski definition) is 6. The highest BCUT2D eigenvalue weighted by atomic mass is 32.1. The number of urea groups is 1. The molecule has 9 heteroatoms. The van der Waals surface area contributed by atoms with Crippen molar-refractivity contribution in [3.63, 3.8) is 0 Å². The second kappa shape index (κ2) is 6.96. The summed E-state index contributed by atoms with van der Waals surface area (Å²) in [7, 11) is 0. The van der Waals surface area contributed by atoms with Gasteiger partial charge in [0.05, 0.1) is 0 Å². The van der Waals surface area contributed by atoms with Crippen LogP contribution < -0.4 is 10.6 Å². The number of nitrogens with one attached hydrogen (secondary N) is 2. The van der Waals surface area contributed by atoms with Crippen molar-refractivity contribution in [2.75, 3.05) is 11.9 Å². The molecule has 0 unspecified atom stereocenters. The Morgan fingerprint density at radius 3 is 2.90 bits per heavy atom. The first kappa shape index (κ1) is 14.4. The third kappa shape index (κ3) is 4.28. The van der Waals surface area contributed by atoms with Gasteiger partial charge in [0.25, 0.3) is 0 Å². The SMILES string of the molecule is O=C(O)CCCNC(=O)Nc1nnc(-c2ccsc2)s1. The molecule has 0 fully saturated rings. The fourth-order valence-corrected chi connectivity index (χ4v) is 2.81. The van der Waals surface area contributed by atoms with Crippen LogP contribution in [0.15, 0.2) is 16.8 Å². The van der Waals surface area contributed by atoms with Gasteiger partial charge in [-0.25, -0.2) is 4.79 Å². The minimum absolute atomic E-state index is 0.0292. The minimum Gasteiger partial charge on any atom is -0.481 e. The van der Waals surface area contributed by atoms with E-state index in [0.717, 1.165) is 10.6 Å². The maximum absolute atomic E-state index is 11.5. The average molecular weight is 312 g/mol. The van der Waals surface area contributed by atoms with Crippen LogP contribution in [0.3, 0.4) is 0 Å². The lowest BCUT2D eigenvalue weighted by Gasteiger charge is -2.03. The Hall–Kier alpha value is -2.00. The number of hydrogen-bond donors (Lipinski definition) is 3. The molecule has 0 aromatic carbocycles. The molecule has 0 spiro atoms. The number of rotatable bonds is 6. The topological polar surface area (TPSA) is 104 Å². The normalized spacial score (nSPS) is 10.2. The average Bonchev–Trinajstić information content (AvgIpc) is 3.04. The molecule has 0 radical (unpaired) electrons. The molecule has 2 heterocycles. The van der Waals surface area contributed by atoms with Gasteiger partial charge in [-0.05, 0) is 17.9 Å². The van der Waals surface area contributed by atoms with Crippen molar-refractivity contribution in [1.29, 1.82) is 0 Å². The van der Waals surface area contributed by atoms with Crippen LogP contribution in [0.25, 0.3) is 10.6 Å². The summed E-state index contributed by atoms with van der Waals surface area (Å²) in [4.78, 5) is 21.8. The van der Waals surface area contributed by atoms with E-state index in [1.54, 1.807) is 11.3 Å². The molecule has 0 saturated carbocycles. The Balaban J connectivity index is 1.78. The fraction of sp³-hybridized carbons (Fsp3) is 0.273. The van der Waals surface area contributed by atoms with Crippen molar-refractivity contribution in [2.24, 2.45) is 0 Å². The minimum atomic E-state index is -0.878. The molecule has 0 bridgehead atoms. The van der Waals surface area contributed by atoms with E-state index in [1.807, 2.05) is 16.8 Å². The zero-order valence-electron chi connectivity index (χ0n) is 10.3. The molecule has 0 aliphatic rings. The van der Waals surface area contributed by atoms with E-state index in [-0.39, 0.29) is 6.42 Å². The van der Waals surface area contributed by atoms with Gasteiger partial charge in [-0.3, -0.25) is 10.1 Å². The van der Waals surface area contributed by atoms with E-state index in [4.69, 9.17) is 5.11 Å². The monoisotopic (exact) mass is 312 g/mol. The summed E-state index contributed by atoms with van der Waals surface area (Å²) in [5.74, 6) is -0.878. The molecule has 0 saturated heterocycles. The molecule has 7 nitrogen and oxygen atoms in total. The number of anilines is 1. The zero-order valence-corrected chi connectivity index (χ0v) is 12.0. The van der Waals surface area contributed by atoms with Crippen LogP contribution in [-0.2, 0) is 4.79 Å². The van der Waals surface area contributed by atoms with E-state index in [0.29, 0.717) is 18.1 Å². The number of carboxylic acid groups (broad SMARTS) is 1. The van der Waals surface area contributed by atoms with Crippen LogP contribution in [0.1, 0.15) is 12.8 Å². The highest BCUT2D eigenvalue weighted by Gasteiger charge is 2.09. The largest absolute Gasteiger partial charge is 0.481 e.